The molecule has 1 aliphatic carbocycles. The predicted molar refractivity (Wildman–Crippen MR) is 65.4 cm³/mol. The van der Waals surface area contributed by atoms with E-state index in [4.69, 9.17) is 0 Å². The van der Waals surface area contributed by atoms with Gasteiger partial charge in [0.05, 0.1) is 12.2 Å². The molecule has 3 nitrogen and oxygen atoms in total. The van der Waals surface area contributed by atoms with Crippen LogP contribution in [0.3, 0.4) is 0 Å². The molecule has 17 heavy (non-hydrogen) atoms. The molecule has 0 aliphatic heterocycles. The number of amides is 1. The summed E-state index contributed by atoms with van der Waals surface area (Å²) in [5.41, 5.74) is 1.18. The molecule has 1 fully saturated rings. The molecule has 1 saturated carbocycles. The smallest absolute Gasteiger partial charge is 0.238 e. The zero-order valence-electron chi connectivity index (χ0n) is 9.92. The highest BCUT2D eigenvalue weighted by molar-refractivity contribution is 5.92. The Kier molecular flexibility index (Phi) is 3.74. The molecule has 0 heterocycles. The number of rotatable bonds is 5. The van der Waals surface area contributed by atoms with Gasteiger partial charge in [0, 0.05) is 0 Å². The van der Waals surface area contributed by atoms with Crippen molar-refractivity contribution in [3.8, 4) is 0 Å². The third-order valence-electron chi connectivity index (χ3n) is 2.81. The van der Waals surface area contributed by atoms with Gasteiger partial charge in [-0.2, -0.15) is 0 Å². The molecule has 1 aromatic rings. The SMILES string of the molecule is Cc1ccc(F)c(NC(=O)CNCC2CC2)c1. The second-order valence-corrected chi connectivity index (χ2v) is 4.61. The van der Waals surface area contributed by atoms with Crippen LogP contribution in [0.4, 0.5) is 10.1 Å². The van der Waals surface area contributed by atoms with Crippen molar-refractivity contribution in [2.24, 2.45) is 5.92 Å². The zero-order chi connectivity index (χ0) is 12.3. The number of carbonyl (C=O) groups excluding carboxylic acids is 1. The first-order chi connectivity index (χ1) is 8.15. The van der Waals surface area contributed by atoms with Gasteiger partial charge in [-0.15, -0.1) is 0 Å². The Hall–Kier alpha value is -1.42. The minimum absolute atomic E-state index is 0.199. The highest BCUT2D eigenvalue weighted by Gasteiger charge is 2.20. The fourth-order valence-electron chi connectivity index (χ4n) is 1.64. The Morgan fingerprint density at radius 2 is 2.24 bits per heavy atom. The van der Waals surface area contributed by atoms with Crippen molar-refractivity contribution in [2.75, 3.05) is 18.4 Å². The van der Waals surface area contributed by atoms with Crippen LogP contribution in [-0.2, 0) is 4.79 Å². The van der Waals surface area contributed by atoms with Gasteiger partial charge in [0.15, 0.2) is 0 Å². The van der Waals surface area contributed by atoms with E-state index in [0.717, 1.165) is 18.0 Å². The van der Waals surface area contributed by atoms with E-state index in [-0.39, 0.29) is 18.1 Å². The molecular weight excluding hydrogens is 219 g/mol. The van der Waals surface area contributed by atoms with Gasteiger partial charge < -0.3 is 10.6 Å². The van der Waals surface area contributed by atoms with Crippen LogP contribution in [0.5, 0.6) is 0 Å². The first kappa shape index (κ1) is 12.0. The first-order valence-electron chi connectivity index (χ1n) is 5.92. The van der Waals surface area contributed by atoms with Crippen molar-refractivity contribution < 1.29 is 9.18 Å². The number of anilines is 1. The maximum absolute atomic E-state index is 13.4. The summed E-state index contributed by atoms with van der Waals surface area (Å²) in [6.07, 6.45) is 2.50. The summed E-state index contributed by atoms with van der Waals surface area (Å²) in [6.45, 7) is 2.98. The highest BCUT2D eigenvalue weighted by atomic mass is 19.1. The molecular formula is C13H17FN2O. The van der Waals surface area contributed by atoms with Gasteiger partial charge in [0.1, 0.15) is 5.82 Å². The molecule has 0 spiro atoms. The average molecular weight is 236 g/mol. The minimum atomic E-state index is -0.397. The first-order valence-corrected chi connectivity index (χ1v) is 5.92. The monoisotopic (exact) mass is 236 g/mol. The number of hydrogen-bond acceptors (Lipinski definition) is 2. The van der Waals surface area contributed by atoms with E-state index < -0.39 is 5.82 Å². The molecule has 0 bridgehead atoms. The number of aryl methyl sites for hydroxylation is 1. The fourth-order valence-corrected chi connectivity index (χ4v) is 1.64. The normalized spacial score (nSPS) is 14.7. The van der Waals surface area contributed by atoms with E-state index in [1.54, 1.807) is 12.1 Å². The van der Waals surface area contributed by atoms with Crippen molar-refractivity contribution >= 4 is 11.6 Å². The van der Waals surface area contributed by atoms with Crippen LogP contribution in [0.1, 0.15) is 18.4 Å². The van der Waals surface area contributed by atoms with E-state index in [9.17, 15) is 9.18 Å². The lowest BCUT2D eigenvalue weighted by Crippen LogP contribution is -2.29. The van der Waals surface area contributed by atoms with Crippen molar-refractivity contribution in [1.29, 1.82) is 0 Å². The Labute approximate surface area is 100 Å². The summed E-state index contributed by atoms with van der Waals surface area (Å²) in [6, 6.07) is 4.67. The molecule has 1 amide bonds. The topological polar surface area (TPSA) is 41.1 Å². The molecule has 0 aromatic heterocycles. The fraction of sp³-hybridized carbons (Fsp3) is 0.462. The molecule has 2 N–H and O–H groups in total. The number of halogens is 1. The highest BCUT2D eigenvalue weighted by Crippen LogP contribution is 2.27. The molecule has 1 aromatic carbocycles. The van der Waals surface area contributed by atoms with Gasteiger partial charge in [-0.1, -0.05) is 6.07 Å². The standard InChI is InChI=1S/C13H17FN2O/c1-9-2-5-11(14)12(6-9)16-13(17)8-15-7-10-3-4-10/h2,5-6,10,15H,3-4,7-8H2,1H3,(H,16,17). The quantitative estimate of drug-likeness (QED) is 0.821. The molecule has 0 unspecified atom stereocenters. The average Bonchev–Trinajstić information content (AvgIpc) is 3.07. The Morgan fingerprint density at radius 3 is 2.94 bits per heavy atom. The number of hydrogen-bond donors (Lipinski definition) is 2. The molecule has 0 atom stereocenters. The molecule has 0 saturated heterocycles. The third kappa shape index (κ3) is 3.82. The van der Waals surface area contributed by atoms with Crippen molar-refractivity contribution in [3.05, 3.63) is 29.6 Å². The Balaban J connectivity index is 1.81. The minimum Gasteiger partial charge on any atom is -0.322 e. The second kappa shape index (κ2) is 5.27. The lowest BCUT2D eigenvalue weighted by Gasteiger charge is -2.08. The Morgan fingerprint density at radius 1 is 1.47 bits per heavy atom. The van der Waals surface area contributed by atoms with Gasteiger partial charge in [0.25, 0.3) is 0 Å². The van der Waals surface area contributed by atoms with Crippen LogP contribution in [0, 0.1) is 18.7 Å². The third-order valence-corrected chi connectivity index (χ3v) is 2.81. The summed E-state index contributed by atoms with van der Waals surface area (Å²) < 4.78 is 13.4. The molecule has 92 valence electrons. The van der Waals surface area contributed by atoms with Crippen molar-refractivity contribution in [2.45, 2.75) is 19.8 Å². The largest absolute Gasteiger partial charge is 0.322 e. The number of nitrogens with one attached hydrogen (secondary N) is 2. The maximum Gasteiger partial charge on any atom is 0.238 e. The zero-order valence-corrected chi connectivity index (χ0v) is 9.92. The van der Waals surface area contributed by atoms with E-state index >= 15 is 0 Å². The lowest BCUT2D eigenvalue weighted by atomic mass is 10.2. The Bertz CT molecular complexity index is 416. The molecule has 4 heteroatoms. The van der Waals surface area contributed by atoms with E-state index in [1.807, 2.05) is 6.92 Å². The van der Waals surface area contributed by atoms with Crippen LogP contribution < -0.4 is 10.6 Å². The van der Waals surface area contributed by atoms with Gasteiger partial charge in [0.2, 0.25) is 5.91 Å². The second-order valence-electron chi connectivity index (χ2n) is 4.61. The van der Waals surface area contributed by atoms with Crippen molar-refractivity contribution in [1.82, 2.24) is 5.32 Å². The van der Waals surface area contributed by atoms with Crippen LogP contribution in [0.25, 0.3) is 0 Å². The van der Waals surface area contributed by atoms with Crippen LogP contribution in [0.2, 0.25) is 0 Å². The van der Waals surface area contributed by atoms with E-state index in [0.29, 0.717) is 0 Å². The van der Waals surface area contributed by atoms with E-state index in [1.165, 1.54) is 18.9 Å². The summed E-state index contributed by atoms with van der Waals surface area (Å²) >= 11 is 0. The van der Waals surface area contributed by atoms with Crippen molar-refractivity contribution in [3.63, 3.8) is 0 Å². The summed E-state index contributed by atoms with van der Waals surface area (Å²) in [4.78, 5) is 11.5. The summed E-state index contributed by atoms with van der Waals surface area (Å²) in [5.74, 6) is 0.139. The van der Waals surface area contributed by atoms with Gasteiger partial charge in [-0.05, 0) is 49.9 Å². The van der Waals surface area contributed by atoms with Gasteiger partial charge in [-0.25, -0.2) is 4.39 Å². The van der Waals surface area contributed by atoms with Gasteiger partial charge in [-0.3, -0.25) is 4.79 Å². The molecule has 2 rings (SSSR count). The molecule has 0 radical (unpaired) electrons. The predicted octanol–water partition coefficient (Wildman–Crippen LogP) is 2.07. The lowest BCUT2D eigenvalue weighted by molar-refractivity contribution is -0.115. The van der Waals surface area contributed by atoms with Gasteiger partial charge >= 0.3 is 0 Å². The van der Waals surface area contributed by atoms with Crippen LogP contribution in [0.15, 0.2) is 18.2 Å². The van der Waals surface area contributed by atoms with E-state index in [2.05, 4.69) is 10.6 Å². The van der Waals surface area contributed by atoms with Crippen LogP contribution in [-0.4, -0.2) is 19.0 Å². The summed E-state index contributed by atoms with van der Waals surface area (Å²) in [5, 5.41) is 5.64. The summed E-state index contributed by atoms with van der Waals surface area (Å²) in [7, 11) is 0. The number of benzene rings is 1. The number of carbonyl (C=O) groups is 1. The maximum atomic E-state index is 13.4. The molecule has 1 aliphatic rings. The van der Waals surface area contributed by atoms with Crippen LogP contribution >= 0.6 is 0 Å².